The monoisotopic (exact) mass is 347 g/mol. The van der Waals surface area contributed by atoms with Crippen LogP contribution >= 0.6 is 0 Å². The van der Waals surface area contributed by atoms with Gasteiger partial charge in [-0.3, -0.25) is 4.79 Å². The highest BCUT2D eigenvalue weighted by molar-refractivity contribution is 6.05. The largest absolute Gasteiger partial charge is 0.484 e. The van der Waals surface area contributed by atoms with Crippen LogP contribution < -0.4 is 4.74 Å². The predicted octanol–water partition coefficient (Wildman–Crippen LogP) is 3.55. The van der Waals surface area contributed by atoms with Crippen molar-refractivity contribution >= 4 is 22.8 Å². The van der Waals surface area contributed by atoms with Gasteiger partial charge in [-0.05, 0) is 52.8 Å². The molecule has 0 N–H and O–H groups in total. The number of rotatable bonds is 7. The third kappa shape index (κ3) is 4.32. The summed E-state index contributed by atoms with van der Waals surface area (Å²) in [6.07, 6.45) is -0.219. The van der Waals surface area contributed by atoms with Gasteiger partial charge in [0, 0.05) is 18.5 Å². The second-order valence-corrected chi connectivity index (χ2v) is 6.00. The van der Waals surface area contributed by atoms with Crippen molar-refractivity contribution in [1.29, 1.82) is 0 Å². The summed E-state index contributed by atoms with van der Waals surface area (Å²) in [7, 11) is 0. The van der Waals surface area contributed by atoms with Crippen molar-refractivity contribution < 1.29 is 23.5 Å². The van der Waals surface area contributed by atoms with E-state index in [2.05, 4.69) is 0 Å². The summed E-state index contributed by atoms with van der Waals surface area (Å²) in [6.45, 7) is 10.4. The van der Waals surface area contributed by atoms with E-state index < -0.39 is 5.97 Å². The van der Waals surface area contributed by atoms with Gasteiger partial charge in [-0.25, -0.2) is 4.79 Å². The molecule has 1 aromatic heterocycles. The molecule has 0 aliphatic carbocycles. The number of furan rings is 1. The maximum atomic E-state index is 12.3. The van der Waals surface area contributed by atoms with Crippen molar-refractivity contribution in [2.75, 3.05) is 19.7 Å². The van der Waals surface area contributed by atoms with Gasteiger partial charge in [-0.1, -0.05) is 0 Å². The molecule has 1 amide bonds. The van der Waals surface area contributed by atoms with E-state index in [0.717, 1.165) is 0 Å². The van der Waals surface area contributed by atoms with Gasteiger partial charge in [0.25, 0.3) is 5.91 Å². The van der Waals surface area contributed by atoms with E-state index in [1.165, 1.54) is 0 Å². The maximum Gasteiger partial charge on any atom is 0.342 e. The minimum atomic E-state index is -0.428. The summed E-state index contributed by atoms with van der Waals surface area (Å²) in [6, 6.07) is 5.16. The number of ether oxygens (including phenoxy) is 2. The Morgan fingerprint density at radius 3 is 2.48 bits per heavy atom. The van der Waals surface area contributed by atoms with Gasteiger partial charge < -0.3 is 18.8 Å². The molecular weight excluding hydrogens is 322 g/mol. The van der Waals surface area contributed by atoms with Crippen LogP contribution in [0.1, 0.15) is 43.8 Å². The normalized spacial score (nSPS) is 11.0. The number of aryl methyl sites for hydroxylation is 1. The summed E-state index contributed by atoms with van der Waals surface area (Å²) >= 11 is 0. The zero-order valence-corrected chi connectivity index (χ0v) is 15.4. The summed E-state index contributed by atoms with van der Waals surface area (Å²) in [5.74, 6) is 0.500. The van der Waals surface area contributed by atoms with E-state index in [1.54, 1.807) is 43.9 Å². The number of carbonyl (C=O) groups is 2. The number of hydrogen-bond acceptors (Lipinski definition) is 5. The smallest absolute Gasteiger partial charge is 0.342 e. The number of fused-ring (bicyclic) bond motifs is 1. The van der Waals surface area contributed by atoms with Gasteiger partial charge in [-0.15, -0.1) is 0 Å². The number of amides is 1. The Labute approximate surface area is 147 Å². The second kappa shape index (κ2) is 8.05. The molecule has 136 valence electrons. The quantitative estimate of drug-likeness (QED) is 0.716. The molecule has 2 rings (SSSR count). The maximum absolute atomic E-state index is 12.3. The highest BCUT2D eigenvalue weighted by Crippen LogP contribution is 2.30. The first kappa shape index (κ1) is 18.8. The van der Waals surface area contributed by atoms with Crippen molar-refractivity contribution in [3.63, 3.8) is 0 Å². The molecule has 6 nitrogen and oxygen atoms in total. The Hall–Kier alpha value is -2.50. The van der Waals surface area contributed by atoms with Crippen molar-refractivity contribution in [3.05, 3.63) is 29.5 Å². The lowest BCUT2D eigenvalue weighted by Crippen LogP contribution is -2.34. The summed E-state index contributed by atoms with van der Waals surface area (Å²) in [5, 5.41) is 0.621. The topological polar surface area (TPSA) is 69.0 Å². The summed E-state index contributed by atoms with van der Waals surface area (Å²) < 4.78 is 16.5. The molecule has 0 unspecified atom stereocenters. The number of hydrogen-bond donors (Lipinski definition) is 0. The highest BCUT2D eigenvalue weighted by Gasteiger charge is 2.21. The third-order valence-electron chi connectivity index (χ3n) is 3.86. The van der Waals surface area contributed by atoms with Crippen molar-refractivity contribution in [3.8, 4) is 5.75 Å². The van der Waals surface area contributed by atoms with Gasteiger partial charge in [0.1, 0.15) is 22.7 Å². The van der Waals surface area contributed by atoms with E-state index in [-0.39, 0.29) is 18.6 Å². The molecule has 0 atom stereocenters. The predicted molar refractivity (Wildman–Crippen MR) is 94.9 cm³/mol. The highest BCUT2D eigenvalue weighted by atomic mass is 16.5. The minimum Gasteiger partial charge on any atom is -0.484 e. The Kier molecular flexibility index (Phi) is 6.07. The first-order valence-electron chi connectivity index (χ1n) is 8.52. The number of esters is 1. The molecule has 1 heterocycles. The van der Waals surface area contributed by atoms with Gasteiger partial charge in [0.05, 0.1) is 6.10 Å². The standard InChI is InChI=1S/C19H25NO5/c1-6-20(7-2)17(21)11-23-14-8-9-16-15(10-14)18(13(5)25-16)19(22)24-12(3)4/h8-10,12H,6-7,11H2,1-5H3. The first-order chi connectivity index (χ1) is 11.9. The van der Waals surface area contributed by atoms with E-state index in [1.807, 2.05) is 13.8 Å². The van der Waals surface area contributed by atoms with Crippen LogP contribution in [0.25, 0.3) is 11.0 Å². The van der Waals surface area contributed by atoms with Crippen LogP contribution in [0.2, 0.25) is 0 Å². The Morgan fingerprint density at radius 1 is 1.20 bits per heavy atom. The van der Waals surface area contributed by atoms with Crippen LogP contribution in [0.3, 0.4) is 0 Å². The molecule has 25 heavy (non-hydrogen) atoms. The van der Waals surface area contributed by atoms with Crippen LogP contribution in [-0.2, 0) is 9.53 Å². The lowest BCUT2D eigenvalue weighted by atomic mass is 10.1. The first-order valence-corrected chi connectivity index (χ1v) is 8.52. The Balaban J connectivity index is 2.23. The summed E-state index contributed by atoms with van der Waals surface area (Å²) in [4.78, 5) is 26.1. The average Bonchev–Trinajstić information content (AvgIpc) is 2.88. The molecule has 0 aliphatic heterocycles. The van der Waals surface area contributed by atoms with E-state index in [9.17, 15) is 9.59 Å². The van der Waals surface area contributed by atoms with Gasteiger partial charge in [0.2, 0.25) is 0 Å². The fourth-order valence-corrected chi connectivity index (χ4v) is 2.63. The van der Waals surface area contributed by atoms with Gasteiger partial charge in [0.15, 0.2) is 6.61 Å². The fraction of sp³-hybridized carbons (Fsp3) is 0.474. The average molecular weight is 347 g/mol. The number of carbonyl (C=O) groups excluding carboxylic acids is 2. The molecule has 0 saturated heterocycles. The lowest BCUT2D eigenvalue weighted by Gasteiger charge is -2.18. The molecule has 1 aromatic carbocycles. The van der Waals surface area contributed by atoms with Crippen molar-refractivity contribution in [2.24, 2.45) is 0 Å². The zero-order chi connectivity index (χ0) is 18.6. The molecule has 0 fully saturated rings. The third-order valence-corrected chi connectivity index (χ3v) is 3.86. The van der Waals surface area contributed by atoms with Crippen LogP contribution in [0.15, 0.2) is 22.6 Å². The number of likely N-dealkylation sites (N-methyl/N-ethyl adjacent to an activating group) is 1. The molecule has 0 saturated carbocycles. The van der Waals surface area contributed by atoms with E-state index in [4.69, 9.17) is 13.9 Å². The van der Waals surface area contributed by atoms with Gasteiger partial charge >= 0.3 is 5.97 Å². The molecule has 0 radical (unpaired) electrons. The van der Waals surface area contributed by atoms with Crippen LogP contribution in [0, 0.1) is 6.92 Å². The van der Waals surface area contributed by atoms with E-state index in [0.29, 0.717) is 41.1 Å². The molecule has 6 heteroatoms. The summed E-state index contributed by atoms with van der Waals surface area (Å²) in [5.41, 5.74) is 0.972. The zero-order valence-electron chi connectivity index (χ0n) is 15.4. The Morgan fingerprint density at radius 2 is 1.88 bits per heavy atom. The molecular formula is C19H25NO5. The molecule has 0 spiro atoms. The SMILES string of the molecule is CCN(CC)C(=O)COc1ccc2oc(C)c(C(=O)OC(C)C)c2c1. The van der Waals surface area contributed by atoms with Crippen molar-refractivity contribution in [2.45, 2.75) is 40.7 Å². The molecule has 0 bridgehead atoms. The molecule has 0 aliphatic rings. The lowest BCUT2D eigenvalue weighted by molar-refractivity contribution is -0.132. The van der Waals surface area contributed by atoms with Gasteiger partial charge in [-0.2, -0.15) is 0 Å². The van der Waals surface area contributed by atoms with Crippen LogP contribution in [0.5, 0.6) is 5.75 Å². The van der Waals surface area contributed by atoms with Crippen molar-refractivity contribution in [1.82, 2.24) is 4.90 Å². The van der Waals surface area contributed by atoms with E-state index >= 15 is 0 Å². The number of nitrogens with zero attached hydrogens (tertiary/aromatic N) is 1. The second-order valence-electron chi connectivity index (χ2n) is 6.00. The molecule has 2 aromatic rings. The fourth-order valence-electron chi connectivity index (χ4n) is 2.63. The van der Waals surface area contributed by atoms with Crippen LogP contribution in [-0.4, -0.2) is 42.6 Å². The number of benzene rings is 1. The Bertz CT molecular complexity index is 759. The minimum absolute atomic E-state index is 0.0458. The van der Waals surface area contributed by atoms with Crippen LogP contribution in [0.4, 0.5) is 0 Å².